The number of hydrogen-bond acceptors (Lipinski definition) is 17. The summed E-state index contributed by atoms with van der Waals surface area (Å²) in [5.74, 6) is -12.8. The van der Waals surface area contributed by atoms with Crippen molar-refractivity contribution in [2.75, 3.05) is 24.7 Å². The lowest BCUT2D eigenvalue weighted by Crippen LogP contribution is -2.67. The average molecular weight is 1100 g/mol. The standard InChI is InChI=1S/C57H70N6O16/c58-53(59)61-27-54(17-1-2-18-54)23-36(66)14-12-31-22-55(52(75)76)46(45(31)56-33(6-4-7-34(56)25-64)13-11-30-5-3-8-39(68)44(30)56)43-37(21-40(47(70)49(43)72)78-57(77)51(74)50(73)48(71)41(26-65)79-57)63(55)42(69)16-10-29-9-15-38(67)32(19-29)20-35-24-60-28-62-35/h3,5,8-10,15-16,19,21-22,24,28,33-34,36,41,45-46,48,50-51,64-68,70-74,77H,1-2,4,6-7,11-14,17-18,20,23,25-27H2,(H,60,62)(H,75,76)(H4,58,59,61)/b16-10+/t33-,34-,36-,41-,45-,46+,48-,50+,51-,55-,56+,57+/m1/s1. The molecule has 1 aromatic heterocycles. The Morgan fingerprint density at radius 1 is 0.949 bits per heavy atom. The van der Waals surface area contributed by atoms with Crippen molar-refractivity contribution in [2.24, 2.45) is 39.6 Å². The highest BCUT2D eigenvalue weighted by Crippen LogP contribution is 2.72. The largest absolute Gasteiger partial charge is 0.508 e. The van der Waals surface area contributed by atoms with Crippen molar-refractivity contribution in [3.05, 3.63) is 106 Å². The number of aliphatic imine (C=N–C) groups is 1. The number of aromatic nitrogens is 2. The maximum Gasteiger partial charge on any atom is 0.355 e. The molecule has 10 rings (SSSR count). The molecule has 2 saturated carbocycles. The number of hydrogen-bond donors (Lipinski definition) is 15. The van der Waals surface area contributed by atoms with Gasteiger partial charge in [-0.1, -0.05) is 43.0 Å². The molecule has 4 aromatic rings. The Kier molecular flexibility index (Phi) is 15.0. The van der Waals surface area contributed by atoms with Crippen LogP contribution in [0.15, 0.2) is 77.7 Å². The number of phenolic OH excluding ortho intramolecular Hbond substituents is 4. The molecule has 6 aliphatic rings. The number of carboxylic acids is 1. The molecule has 424 valence electrons. The summed E-state index contributed by atoms with van der Waals surface area (Å²) < 4.78 is 11.1. The van der Waals surface area contributed by atoms with Crippen LogP contribution in [-0.2, 0) is 32.6 Å². The van der Waals surface area contributed by atoms with Gasteiger partial charge in [-0.05, 0) is 117 Å². The van der Waals surface area contributed by atoms with Crippen LogP contribution in [0.3, 0.4) is 0 Å². The van der Waals surface area contributed by atoms with Crippen LogP contribution in [-0.4, -0.2) is 151 Å². The quantitative estimate of drug-likeness (QED) is 0.0180. The van der Waals surface area contributed by atoms with Gasteiger partial charge in [0.05, 0.1) is 24.7 Å². The summed E-state index contributed by atoms with van der Waals surface area (Å²) in [6.07, 6.45) is 4.43. The normalized spacial score (nSPS) is 31.0. The van der Waals surface area contributed by atoms with E-state index in [0.717, 1.165) is 48.3 Å². The van der Waals surface area contributed by atoms with E-state index in [-0.39, 0.29) is 53.9 Å². The summed E-state index contributed by atoms with van der Waals surface area (Å²) in [4.78, 5) is 42.9. The fraction of sp³-hybridized carbons (Fsp3) is 0.509. The average Bonchev–Trinajstić information content (AvgIpc) is 2.45. The zero-order valence-electron chi connectivity index (χ0n) is 43.4. The number of nitrogens with one attached hydrogen (secondary N) is 1. The number of aliphatic hydroxyl groups is 7. The van der Waals surface area contributed by atoms with Gasteiger partial charge in [0.1, 0.15) is 29.8 Å². The Labute approximate surface area is 454 Å². The molecule has 1 amide bonds. The number of nitrogens with zero attached hydrogens (tertiary/aromatic N) is 3. The number of aryl methyl sites for hydroxylation is 1. The molecule has 22 nitrogen and oxygen atoms in total. The molecule has 79 heavy (non-hydrogen) atoms. The number of allylic oxidation sites excluding steroid dienone is 1. The summed E-state index contributed by atoms with van der Waals surface area (Å²) in [6.45, 7) is -1.12. The number of aromatic amines is 1. The third-order valence-electron chi connectivity index (χ3n) is 18.2. The van der Waals surface area contributed by atoms with Gasteiger partial charge in [0, 0.05) is 77.5 Å². The Morgan fingerprint density at radius 2 is 1.72 bits per heavy atom. The van der Waals surface area contributed by atoms with Crippen LogP contribution in [0, 0.1) is 23.2 Å². The van der Waals surface area contributed by atoms with Gasteiger partial charge < -0.3 is 87.2 Å². The summed E-state index contributed by atoms with van der Waals surface area (Å²) in [6, 6.07) is 10.7. The summed E-state index contributed by atoms with van der Waals surface area (Å²) >= 11 is 0. The van der Waals surface area contributed by atoms with Crippen molar-refractivity contribution in [2.45, 2.75) is 137 Å². The van der Waals surface area contributed by atoms with Gasteiger partial charge in [-0.15, -0.1) is 0 Å². The van der Waals surface area contributed by atoms with E-state index in [1.54, 1.807) is 24.4 Å². The van der Waals surface area contributed by atoms with E-state index in [2.05, 4.69) is 15.0 Å². The molecule has 2 aliphatic heterocycles. The molecular formula is C57H70N6O16. The van der Waals surface area contributed by atoms with Crippen molar-refractivity contribution in [3.63, 3.8) is 0 Å². The summed E-state index contributed by atoms with van der Waals surface area (Å²) in [7, 11) is 0. The number of nitrogens with two attached hydrogens (primary N) is 2. The number of carbonyl (C=O) groups is 2. The Morgan fingerprint density at radius 3 is 2.42 bits per heavy atom. The molecule has 12 atom stereocenters. The number of benzene rings is 3. The second-order valence-electron chi connectivity index (χ2n) is 22.6. The third kappa shape index (κ3) is 9.34. The number of phenols is 4. The van der Waals surface area contributed by atoms with E-state index >= 15 is 9.59 Å². The van der Waals surface area contributed by atoms with Crippen molar-refractivity contribution in [3.8, 4) is 28.7 Å². The predicted octanol–water partition coefficient (Wildman–Crippen LogP) is 2.50. The molecule has 0 unspecified atom stereocenters. The van der Waals surface area contributed by atoms with Crippen LogP contribution in [0.4, 0.5) is 5.69 Å². The van der Waals surface area contributed by atoms with Crippen molar-refractivity contribution >= 4 is 29.6 Å². The van der Waals surface area contributed by atoms with Crippen LogP contribution < -0.4 is 21.1 Å². The number of guanidine groups is 1. The summed E-state index contributed by atoms with van der Waals surface area (Å²) in [5.41, 5.74) is 9.90. The maximum atomic E-state index is 15.6. The lowest BCUT2D eigenvalue weighted by Gasteiger charge is -2.58. The minimum absolute atomic E-state index is 0.0293. The first-order chi connectivity index (χ1) is 37.7. The number of aliphatic carboxylic acids is 1. The van der Waals surface area contributed by atoms with Crippen LogP contribution >= 0.6 is 0 Å². The number of imidazole rings is 1. The highest BCUT2D eigenvalue weighted by Gasteiger charge is 2.72. The molecule has 22 heteroatoms. The van der Waals surface area contributed by atoms with Gasteiger partial charge >= 0.3 is 11.9 Å². The van der Waals surface area contributed by atoms with Crippen LogP contribution in [0.2, 0.25) is 0 Å². The van der Waals surface area contributed by atoms with Gasteiger partial charge in [-0.25, -0.2) is 9.78 Å². The monoisotopic (exact) mass is 1090 g/mol. The van der Waals surface area contributed by atoms with Crippen molar-refractivity contribution in [1.82, 2.24) is 9.97 Å². The van der Waals surface area contributed by atoms with E-state index in [4.69, 9.17) is 20.9 Å². The fourth-order valence-electron chi connectivity index (χ4n) is 14.9. The molecule has 17 N–H and O–H groups in total. The van der Waals surface area contributed by atoms with E-state index in [0.29, 0.717) is 73.0 Å². The van der Waals surface area contributed by atoms with Gasteiger partial charge in [0.2, 0.25) is 5.75 Å². The van der Waals surface area contributed by atoms with E-state index < -0.39 is 113 Å². The van der Waals surface area contributed by atoms with Gasteiger partial charge in [-0.3, -0.25) is 14.7 Å². The Balaban J connectivity index is 1.18. The number of rotatable bonds is 17. The Bertz CT molecular complexity index is 3050. The van der Waals surface area contributed by atoms with E-state index in [1.165, 1.54) is 30.6 Å². The van der Waals surface area contributed by atoms with E-state index in [1.807, 2.05) is 6.07 Å². The first kappa shape index (κ1) is 55.6. The lowest BCUT2D eigenvalue weighted by atomic mass is 9.45. The number of fused-ring (bicyclic) bond motifs is 6. The highest BCUT2D eigenvalue weighted by molar-refractivity contribution is 6.13. The van der Waals surface area contributed by atoms with E-state index in [9.17, 15) is 61.3 Å². The smallest absolute Gasteiger partial charge is 0.355 e. The molecule has 0 spiro atoms. The fourth-order valence-corrected chi connectivity index (χ4v) is 14.9. The summed E-state index contributed by atoms with van der Waals surface area (Å²) in [5, 5.41) is 138. The van der Waals surface area contributed by atoms with Gasteiger partial charge in [-0.2, -0.15) is 0 Å². The number of amides is 1. The third-order valence-corrected chi connectivity index (χ3v) is 18.2. The molecule has 3 fully saturated rings. The zero-order chi connectivity index (χ0) is 56.3. The maximum absolute atomic E-state index is 15.6. The van der Waals surface area contributed by atoms with Crippen molar-refractivity contribution < 1.29 is 80.3 Å². The first-order valence-electron chi connectivity index (χ1n) is 27.0. The van der Waals surface area contributed by atoms with Crippen LogP contribution in [0.1, 0.15) is 110 Å². The SMILES string of the molecule is NC(N)=NCC1(C[C@H](O)CCC2=C[C@]3(C(=O)O)[C@@H](c4c(cc(O[C@]5(O)O[C@H](CO)[C@@H](O)[C@H](O)[C@H]5O)c(O)c4O)N3C(=O)/C=C/c3ccc(O)c(Cc4cnc[nH]4)c3)[C@@H]2[C@@]23c4c(O)cccc4CC[C@H]2CCC[C@@H]3CO)CCCC1. The second kappa shape index (κ2) is 21.4. The first-order valence-corrected chi connectivity index (χ1v) is 27.0. The number of carbonyl (C=O) groups excluding carboxylic acids is 1. The lowest BCUT2D eigenvalue weighted by molar-refractivity contribution is -0.422. The molecule has 4 aliphatic carbocycles. The molecule has 1 saturated heterocycles. The van der Waals surface area contributed by atoms with Crippen LogP contribution in [0.25, 0.3) is 6.08 Å². The number of H-pyrrole nitrogens is 1. The zero-order valence-corrected chi connectivity index (χ0v) is 43.4. The molecule has 3 heterocycles. The number of ether oxygens (including phenoxy) is 2. The van der Waals surface area contributed by atoms with Gasteiger partial charge in [0.25, 0.3) is 5.91 Å². The minimum Gasteiger partial charge on any atom is -0.508 e. The number of aromatic hydroxyl groups is 4. The number of carboxylic acid groups (broad SMARTS) is 1. The second-order valence-corrected chi connectivity index (χ2v) is 22.6. The topological polar surface area (TPSA) is 392 Å². The minimum atomic E-state index is -3.35. The van der Waals surface area contributed by atoms with Crippen LogP contribution in [0.5, 0.6) is 28.7 Å². The number of anilines is 1. The molecule has 0 radical (unpaired) electrons. The molecular weight excluding hydrogens is 1020 g/mol. The molecule has 0 bridgehead atoms. The number of aliphatic hydroxyl groups excluding tert-OH is 6. The molecule has 3 aromatic carbocycles. The Hall–Kier alpha value is -6.76. The van der Waals surface area contributed by atoms with Crippen molar-refractivity contribution in [1.29, 1.82) is 0 Å². The predicted molar refractivity (Wildman–Crippen MR) is 283 cm³/mol. The highest BCUT2D eigenvalue weighted by atomic mass is 16.8. The van der Waals surface area contributed by atoms with Gasteiger partial charge in [0.15, 0.2) is 29.1 Å².